The first-order valence-electron chi connectivity index (χ1n) is 11.6. The van der Waals surface area contributed by atoms with Crippen molar-refractivity contribution in [1.29, 1.82) is 0 Å². The molecule has 0 radical (unpaired) electrons. The van der Waals surface area contributed by atoms with Crippen molar-refractivity contribution in [3.05, 3.63) is 58.2 Å². The van der Waals surface area contributed by atoms with Crippen molar-refractivity contribution in [2.24, 2.45) is 5.41 Å². The molecule has 4 N–H and O–H groups in total. The molecule has 3 rings (SSSR count). The van der Waals surface area contributed by atoms with Crippen LogP contribution in [0, 0.1) is 37.8 Å². The molecule has 0 heterocycles. The summed E-state index contributed by atoms with van der Waals surface area (Å²) in [6.07, 6.45) is 3.90. The Morgan fingerprint density at radius 2 is 1.49 bits per heavy atom. The van der Waals surface area contributed by atoms with Gasteiger partial charge in [-0.25, -0.2) is 18.4 Å². The number of halogens is 2. The lowest BCUT2D eigenvalue weighted by atomic mass is 9.70. The first kappa shape index (κ1) is 26.1. The maximum atomic E-state index is 14.1. The Hall–Kier alpha value is -3.49. The van der Waals surface area contributed by atoms with Crippen LogP contribution in [0.15, 0.2) is 24.3 Å². The lowest BCUT2D eigenvalue weighted by molar-refractivity contribution is -0.143. The minimum atomic E-state index is -1.29. The highest BCUT2D eigenvalue weighted by Crippen LogP contribution is 2.39. The normalized spacial score (nSPS) is 15.7. The van der Waals surface area contributed by atoms with Crippen LogP contribution in [-0.2, 0) is 4.79 Å². The molecule has 0 spiro atoms. The van der Waals surface area contributed by atoms with E-state index in [1.807, 2.05) is 32.9 Å². The van der Waals surface area contributed by atoms with E-state index < -0.39 is 41.0 Å². The molecule has 1 fully saturated rings. The summed E-state index contributed by atoms with van der Waals surface area (Å²) in [5, 5.41) is 17.4. The largest absolute Gasteiger partial charge is 0.480 e. The first-order chi connectivity index (χ1) is 16.4. The predicted octanol–water partition coefficient (Wildman–Crippen LogP) is 5.69. The number of carboxylic acid groups (broad SMARTS) is 1. The lowest BCUT2D eigenvalue weighted by Gasteiger charge is -2.38. The molecule has 0 saturated heterocycles. The van der Waals surface area contributed by atoms with Crippen LogP contribution >= 0.6 is 0 Å². The fraction of sp³-hybridized carbons (Fsp3) is 0.423. The summed E-state index contributed by atoms with van der Waals surface area (Å²) >= 11 is 0. The maximum Gasteiger partial charge on any atom is 0.326 e. The van der Waals surface area contributed by atoms with Gasteiger partial charge in [-0.05, 0) is 56.2 Å². The van der Waals surface area contributed by atoms with E-state index in [9.17, 15) is 28.3 Å². The summed E-state index contributed by atoms with van der Waals surface area (Å²) in [5.41, 5.74) is 1.87. The number of carbonyl (C=O) groups excluding carboxylic acids is 2. The van der Waals surface area contributed by atoms with Crippen molar-refractivity contribution in [3.8, 4) is 0 Å². The molecule has 1 aliphatic carbocycles. The molecule has 0 aromatic heterocycles. The number of aliphatic carboxylic acids is 1. The Balaban J connectivity index is 1.87. The van der Waals surface area contributed by atoms with Crippen LogP contribution < -0.4 is 16.0 Å². The summed E-state index contributed by atoms with van der Waals surface area (Å²) in [7, 11) is 0. The number of rotatable bonds is 6. The summed E-state index contributed by atoms with van der Waals surface area (Å²) < 4.78 is 28.1. The number of nitrogens with one attached hydrogen (secondary N) is 3. The fourth-order valence-corrected chi connectivity index (χ4v) is 4.87. The molecule has 7 nitrogen and oxygen atoms in total. The molecule has 0 unspecified atom stereocenters. The minimum Gasteiger partial charge on any atom is -0.480 e. The average Bonchev–Trinajstić information content (AvgIpc) is 2.77. The third-order valence-corrected chi connectivity index (χ3v) is 6.68. The second-order valence-corrected chi connectivity index (χ2v) is 9.62. The fourth-order valence-electron chi connectivity index (χ4n) is 4.87. The van der Waals surface area contributed by atoms with Gasteiger partial charge in [-0.15, -0.1) is 0 Å². The topological polar surface area (TPSA) is 108 Å². The van der Waals surface area contributed by atoms with E-state index in [0.717, 1.165) is 36.0 Å². The van der Waals surface area contributed by atoms with Crippen molar-refractivity contribution < 1.29 is 28.3 Å². The van der Waals surface area contributed by atoms with Gasteiger partial charge in [-0.3, -0.25) is 4.79 Å². The number of benzene rings is 2. The summed E-state index contributed by atoms with van der Waals surface area (Å²) in [4.78, 5) is 37.8. The summed E-state index contributed by atoms with van der Waals surface area (Å²) in [6, 6.07) is 3.16. The average molecular weight is 488 g/mol. The number of amides is 3. The number of urea groups is 1. The highest BCUT2D eigenvalue weighted by Gasteiger charge is 2.41. The van der Waals surface area contributed by atoms with Gasteiger partial charge >= 0.3 is 12.0 Å². The van der Waals surface area contributed by atoms with Gasteiger partial charge in [0.05, 0.1) is 11.3 Å². The van der Waals surface area contributed by atoms with Crippen LogP contribution in [0.25, 0.3) is 0 Å². The maximum absolute atomic E-state index is 14.1. The van der Waals surface area contributed by atoms with Gasteiger partial charge in [0, 0.05) is 11.8 Å². The molecule has 9 heteroatoms. The number of anilines is 2. The second kappa shape index (κ2) is 10.4. The molecular weight excluding hydrogens is 456 g/mol. The van der Waals surface area contributed by atoms with Crippen molar-refractivity contribution in [1.82, 2.24) is 5.32 Å². The zero-order valence-corrected chi connectivity index (χ0v) is 20.4. The predicted molar refractivity (Wildman–Crippen MR) is 130 cm³/mol. The van der Waals surface area contributed by atoms with E-state index in [-0.39, 0.29) is 11.3 Å². The number of aryl methyl sites for hydroxylation is 3. The van der Waals surface area contributed by atoms with E-state index in [1.165, 1.54) is 0 Å². The molecule has 3 amide bonds. The van der Waals surface area contributed by atoms with E-state index in [0.29, 0.717) is 30.7 Å². The zero-order chi connectivity index (χ0) is 25.9. The highest BCUT2D eigenvalue weighted by atomic mass is 19.2. The van der Waals surface area contributed by atoms with E-state index in [1.54, 1.807) is 6.92 Å². The first-order valence-corrected chi connectivity index (χ1v) is 11.6. The third kappa shape index (κ3) is 5.96. The third-order valence-electron chi connectivity index (χ3n) is 6.68. The van der Waals surface area contributed by atoms with Crippen LogP contribution in [0.3, 0.4) is 0 Å². The van der Waals surface area contributed by atoms with Gasteiger partial charge in [-0.2, -0.15) is 0 Å². The van der Waals surface area contributed by atoms with Crippen LogP contribution in [-0.4, -0.2) is 29.1 Å². The second-order valence-electron chi connectivity index (χ2n) is 9.62. The van der Waals surface area contributed by atoms with Gasteiger partial charge in [0.2, 0.25) is 0 Å². The Morgan fingerprint density at radius 1 is 0.914 bits per heavy atom. The van der Waals surface area contributed by atoms with Gasteiger partial charge in [0.25, 0.3) is 5.91 Å². The van der Waals surface area contributed by atoms with Gasteiger partial charge in [0.1, 0.15) is 6.04 Å². The van der Waals surface area contributed by atoms with Crippen molar-refractivity contribution in [3.63, 3.8) is 0 Å². The van der Waals surface area contributed by atoms with Crippen LogP contribution in [0.4, 0.5) is 25.0 Å². The minimum absolute atomic E-state index is 0.278. The van der Waals surface area contributed by atoms with Crippen LogP contribution in [0.2, 0.25) is 0 Å². The Bertz CT molecular complexity index is 1140. The summed E-state index contributed by atoms with van der Waals surface area (Å²) in [5.74, 6) is -4.67. The van der Waals surface area contributed by atoms with E-state index >= 15 is 0 Å². The number of carboxylic acids is 1. The SMILES string of the molecule is Cc1cc(C)c(NC(=O)Nc2cc(F)c(F)cc2C(=O)N[C@H](C(=O)O)C2(C)CCCCC2)c(C)c1. The Labute approximate surface area is 203 Å². The van der Waals surface area contributed by atoms with Gasteiger partial charge in [-0.1, -0.05) is 43.9 Å². The molecule has 1 aliphatic rings. The molecule has 1 atom stereocenters. The highest BCUT2D eigenvalue weighted by molar-refractivity contribution is 6.07. The van der Waals surface area contributed by atoms with Crippen LogP contribution in [0.1, 0.15) is 66.1 Å². The molecule has 1 saturated carbocycles. The number of carbonyl (C=O) groups is 3. The summed E-state index contributed by atoms with van der Waals surface area (Å²) in [6.45, 7) is 7.37. The van der Waals surface area contributed by atoms with Crippen molar-refractivity contribution in [2.75, 3.05) is 10.6 Å². The molecule has 2 aromatic rings. The molecule has 188 valence electrons. The smallest absolute Gasteiger partial charge is 0.326 e. The monoisotopic (exact) mass is 487 g/mol. The van der Waals surface area contributed by atoms with Crippen molar-refractivity contribution in [2.45, 2.75) is 65.8 Å². The molecule has 0 aliphatic heterocycles. The standard InChI is InChI=1S/C26H31F2N3O4/c1-14-10-15(2)21(16(3)11-14)30-25(35)29-20-13-19(28)18(27)12-17(20)23(32)31-22(24(33)34)26(4)8-6-5-7-9-26/h10-13,22H,5-9H2,1-4H3,(H,31,32)(H,33,34)(H2,29,30,35)/t22-/m1/s1. The van der Waals surface area contributed by atoms with Gasteiger partial charge < -0.3 is 21.1 Å². The zero-order valence-electron chi connectivity index (χ0n) is 20.4. The van der Waals surface area contributed by atoms with Crippen molar-refractivity contribution >= 4 is 29.3 Å². The lowest BCUT2D eigenvalue weighted by Crippen LogP contribution is -2.52. The quantitative estimate of drug-likeness (QED) is 0.420. The molecule has 2 aromatic carbocycles. The molecule has 35 heavy (non-hydrogen) atoms. The van der Waals surface area contributed by atoms with Crippen LogP contribution in [0.5, 0.6) is 0 Å². The molecular formula is C26H31F2N3O4. The van der Waals surface area contributed by atoms with E-state index in [4.69, 9.17) is 0 Å². The molecule has 0 bridgehead atoms. The Kier molecular flexibility index (Phi) is 7.77. The number of hydrogen-bond acceptors (Lipinski definition) is 3. The Morgan fingerprint density at radius 3 is 2.06 bits per heavy atom. The van der Waals surface area contributed by atoms with Gasteiger partial charge in [0.15, 0.2) is 11.6 Å². The van der Waals surface area contributed by atoms with E-state index in [2.05, 4.69) is 16.0 Å². The number of hydrogen-bond donors (Lipinski definition) is 4.